The quantitative estimate of drug-likeness (QED) is 0.489. The summed E-state index contributed by atoms with van der Waals surface area (Å²) in [4.78, 5) is 11.0. The molecule has 0 radical (unpaired) electrons. The third kappa shape index (κ3) is 4.87. The zero-order valence-electron chi connectivity index (χ0n) is 19.2. The van der Waals surface area contributed by atoms with Crippen molar-refractivity contribution in [1.29, 1.82) is 0 Å². The van der Waals surface area contributed by atoms with Crippen LogP contribution in [-0.4, -0.2) is 61.1 Å². The highest BCUT2D eigenvalue weighted by Gasteiger charge is 2.25. The van der Waals surface area contributed by atoms with Crippen molar-refractivity contribution in [1.82, 2.24) is 9.88 Å². The fraction of sp³-hybridized carbons (Fsp3) is 0.346. The van der Waals surface area contributed by atoms with E-state index in [2.05, 4.69) is 67.2 Å². The van der Waals surface area contributed by atoms with Crippen LogP contribution < -0.4 is 9.64 Å². The minimum Gasteiger partial charge on any atom is -0.504 e. The van der Waals surface area contributed by atoms with Gasteiger partial charge in [0.25, 0.3) is 0 Å². The maximum Gasteiger partial charge on any atom is 0.161 e. The second kappa shape index (κ2) is 9.84. The topological polar surface area (TPSA) is 48.8 Å². The Kier molecular flexibility index (Phi) is 6.92. The Hall–Kier alpha value is -2.70. The maximum atomic E-state index is 10.0. The molecule has 1 atom stereocenters. The van der Waals surface area contributed by atoms with Crippen LogP contribution in [0.15, 0.2) is 59.5 Å². The van der Waals surface area contributed by atoms with E-state index >= 15 is 0 Å². The molecule has 1 saturated heterocycles. The molecule has 5 nitrogen and oxygen atoms in total. The average molecular weight is 450 g/mol. The van der Waals surface area contributed by atoms with Gasteiger partial charge >= 0.3 is 0 Å². The molecular formula is C26H31N3O2S. The van der Waals surface area contributed by atoms with Gasteiger partial charge in [0, 0.05) is 29.6 Å². The van der Waals surface area contributed by atoms with E-state index in [-0.39, 0.29) is 5.75 Å². The number of phenolic OH excluding ortho intramolecular Hbond substituents is 1. The van der Waals surface area contributed by atoms with Crippen molar-refractivity contribution < 1.29 is 9.84 Å². The molecule has 1 unspecified atom stereocenters. The molecule has 4 rings (SSSR count). The van der Waals surface area contributed by atoms with E-state index in [9.17, 15) is 5.11 Å². The van der Waals surface area contributed by atoms with Gasteiger partial charge in [-0.15, -0.1) is 11.8 Å². The van der Waals surface area contributed by atoms with E-state index in [1.54, 1.807) is 13.2 Å². The largest absolute Gasteiger partial charge is 0.504 e. The van der Waals surface area contributed by atoms with E-state index in [1.165, 1.54) is 10.5 Å². The second-order valence-corrected chi connectivity index (χ2v) is 9.63. The molecule has 6 heteroatoms. The lowest BCUT2D eigenvalue weighted by Gasteiger charge is -2.22. The van der Waals surface area contributed by atoms with Gasteiger partial charge in [-0.1, -0.05) is 19.1 Å². The molecule has 1 fully saturated rings. The van der Waals surface area contributed by atoms with Crippen LogP contribution in [0.25, 0.3) is 22.4 Å². The Morgan fingerprint density at radius 3 is 2.47 bits per heavy atom. The smallest absolute Gasteiger partial charge is 0.161 e. The van der Waals surface area contributed by atoms with Crippen molar-refractivity contribution in [3.63, 3.8) is 0 Å². The lowest BCUT2D eigenvalue weighted by molar-refractivity contribution is 0.315. The first-order valence-corrected chi connectivity index (χ1v) is 12.0. The monoisotopic (exact) mass is 449 g/mol. The summed E-state index contributed by atoms with van der Waals surface area (Å²) in [6.07, 6.45) is 1.13. The number of rotatable bonds is 7. The predicted molar refractivity (Wildman–Crippen MR) is 134 cm³/mol. The molecule has 0 amide bonds. The van der Waals surface area contributed by atoms with E-state index in [1.807, 2.05) is 23.9 Å². The summed E-state index contributed by atoms with van der Waals surface area (Å²) < 4.78 is 5.33. The number of thioether (sulfide) groups is 1. The number of benzene rings is 2. The van der Waals surface area contributed by atoms with Crippen molar-refractivity contribution in [2.45, 2.75) is 24.3 Å². The number of hydrogen-bond donors (Lipinski definition) is 1. The van der Waals surface area contributed by atoms with Gasteiger partial charge in [-0.3, -0.25) is 0 Å². The highest BCUT2D eigenvalue weighted by Crippen LogP contribution is 2.35. The normalized spacial score (nSPS) is 16.0. The minimum absolute atomic E-state index is 0.130. The molecule has 0 bridgehead atoms. The number of anilines is 1. The fourth-order valence-electron chi connectivity index (χ4n) is 4.11. The minimum atomic E-state index is 0.130. The van der Waals surface area contributed by atoms with Gasteiger partial charge in [0.05, 0.1) is 12.8 Å². The van der Waals surface area contributed by atoms with E-state index in [0.717, 1.165) is 47.9 Å². The molecule has 1 aliphatic rings. The van der Waals surface area contributed by atoms with Crippen molar-refractivity contribution in [3.05, 3.63) is 54.6 Å². The third-order valence-corrected chi connectivity index (χ3v) is 6.90. The Bertz CT molecular complexity index is 1070. The number of nitrogens with zero attached hydrogens (tertiary/aromatic N) is 3. The van der Waals surface area contributed by atoms with Crippen LogP contribution >= 0.6 is 11.8 Å². The summed E-state index contributed by atoms with van der Waals surface area (Å²) >= 11 is 1.85. The zero-order valence-corrected chi connectivity index (χ0v) is 20.0. The molecule has 1 aliphatic heterocycles. The summed E-state index contributed by atoms with van der Waals surface area (Å²) in [6.45, 7) is 4.13. The number of methoxy groups -OCH3 is 1. The van der Waals surface area contributed by atoms with Crippen LogP contribution in [0.4, 0.5) is 5.82 Å². The lowest BCUT2D eigenvalue weighted by Crippen LogP contribution is -2.31. The van der Waals surface area contributed by atoms with Gasteiger partial charge in [-0.25, -0.2) is 4.98 Å². The number of aromatic nitrogens is 1. The first-order chi connectivity index (χ1) is 15.5. The van der Waals surface area contributed by atoms with Crippen LogP contribution in [0.5, 0.6) is 11.5 Å². The van der Waals surface area contributed by atoms with Crippen molar-refractivity contribution >= 4 is 17.6 Å². The molecule has 1 N–H and O–H groups in total. The Labute approximate surface area is 195 Å². The number of likely N-dealkylation sites (N-methyl/N-ethyl adjacent to an activating group) is 1. The predicted octanol–water partition coefficient (Wildman–Crippen LogP) is 5.38. The highest BCUT2D eigenvalue weighted by atomic mass is 32.2. The van der Waals surface area contributed by atoms with Crippen molar-refractivity contribution in [3.8, 4) is 33.9 Å². The van der Waals surface area contributed by atoms with Gasteiger partial charge in [0.2, 0.25) is 0 Å². The Morgan fingerprint density at radius 1 is 1.06 bits per heavy atom. The number of ether oxygens (including phenoxy) is 1. The van der Waals surface area contributed by atoms with Crippen LogP contribution in [0.2, 0.25) is 0 Å². The number of aromatic hydroxyl groups is 1. The summed E-state index contributed by atoms with van der Waals surface area (Å²) in [6, 6.07) is 19.0. The maximum absolute atomic E-state index is 10.0. The van der Waals surface area contributed by atoms with Crippen LogP contribution in [0, 0.1) is 0 Å². The molecule has 3 aromatic rings. The standard InChI is InChI=1S/C26H31N3O2S/c1-5-32-22-9-6-18(7-10-22)20-14-23(19-8-11-24(30)25(15-19)31-4)27-26(16-20)29-13-12-21(17-29)28(2)3/h6-11,14-16,21,30H,5,12-13,17H2,1-4H3. The third-order valence-electron chi connectivity index (χ3n) is 6.00. The second-order valence-electron chi connectivity index (χ2n) is 8.30. The first kappa shape index (κ1) is 22.5. The van der Waals surface area contributed by atoms with Crippen LogP contribution in [0.1, 0.15) is 13.3 Å². The van der Waals surface area contributed by atoms with Gasteiger partial charge < -0.3 is 19.6 Å². The van der Waals surface area contributed by atoms with Gasteiger partial charge in [-0.05, 0) is 79.9 Å². The molecule has 0 spiro atoms. The number of pyridine rings is 1. The molecule has 1 aromatic heterocycles. The number of phenols is 1. The Balaban J connectivity index is 1.76. The van der Waals surface area contributed by atoms with Gasteiger partial charge in [0.15, 0.2) is 11.5 Å². The Morgan fingerprint density at radius 2 is 1.81 bits per heavy atom. The molecule has 168 valence electrons. The molecule has 2 heterocycles. The molecule has 0 aliphatic carbocycles. The molecule has 2 aromatic carbocycles. The number of hydrogen-bond acceptors (Lipinski definition) is 6. The van der Waals surface area contributed by atoms with E-state index in [0.29, 0.717) is 11.8 Å². The van der Waals surface area contributed by atoms with Gasteiger partial charge in [0.1, 0.15) is 5.82 Å². The highest BCUT2D eigenvalue weighted by molar-refractivity contribution is 7.99. The summed E-state index contributed by atoms with van der Waals surface area (Å²) in [5.41, 5.74) is 4.10. The van der Waals surface area contributed by atoms with E-state index in [4.69, 9.17) is 9.72 Å². The molecule has 0 saturated carbocycles. The fourth-order valence-corrected chi connectivity index (χ4v) is 4.77. The average Bonchev–Trinajstić information content (AvgIpc) is 3.31. The van der Waals surface area contributed by atoms with E-state index < -0.39 is 0 Å². The summed E-state index contributed by atoms with van der Waals surface area (Å²) in [5.74, 6) is 2.63. The SMILES string of the molecule is CCSc1ccc(-c2cc(-c3ccc(O)c(OC)c3)nc(N3CCC(N(C)C)C3)c2)cc1. The molecule has 32 heavy (non-hydrogen) atoms. The molecular weight excluding hydrogens is 418 g/mol. The van der Waals surface area contributed by atoms with Crippen LogP contribution in [0.3, 0.4) is 0 Å². The first-order valence-electron chi connectivity index (χ1n) is 11.0. The lowest BCUT2D eigenvalue weighted by atomic mass is 10.0. The van der Waals surface area contributed by atoms with Crippen molar-refractivity contribution in [2.24, 2.45) is 0 Å². The zero-order chi connectivity index (χ0) is 22.7. The summed E-state index contributed by atoms with van der Waals surface area (Å²) in [7, 11) is 5.85. The summed E-state index contributed by atoms with van der Waals surface area (Å²) in [5, 5.41) is 10.0. The van der Waals surface area contributed by atoms with Crippen LogP contribution in [-0.2, 0) is 0 Å². The van der Waals surface area contributed by atoms with Gasteiger partial charge in [-0.2, -0.15) is 0 Å². The van der Waals surface area contributed by atoms with Crippen molar-refractivity contribution in [2.75, 3.05) is 44.9 Å².